The molecule has 0 bridgehead atoms. The van der Waals surface area contributed by atoms with Gasteiger partial charge in [-0.3, -0.25) is 9.29 Å². The van der Waals surface area contributed by atoms with Crippen LogP contribution in [0.2, 0.25) is 0 Å². The van der Waals surface area contributed by atoms with E-state index in [1.807, 2.05) is 0 Å². The van der Waals surface area contributed by atoms with Gasteiger partial charge in [0.15, 0.2) is 0 Å². The van der Waals surface area contributed by atoms with Gasteiger partial charge in [0.1, 0.15) is 0 Å². The summed E-state index contributed by atoms with van der Waals surface area (Å²) in [4.78, 5) is 2.63. The first kappa shape index (κ1) is 15.9. The first-order valence-electron chi connectivity index (χ1n) is 7.83. The van der Waals surface area contributed by atoms with E-state index in [1.54, 1.807) is 0 Å². The molecular formula is C15H31FN2. The third-order valence-corrected chi connectivity index (χ3v) is 4.04. The van der Waals surface area contributed by atoms with Crippen LogP contribution in [0.5, 0.6) is 0 Å². The number of alkyl halides is 1. The lowest BCUT2D eigenvalue weighted by atomic mass is 9.96. The van der Waals surface area contributed by atoms with Gasteiger partial charge in [-0.2, -0.15) is 0 Å². The van der Waals surface area contributed by atoms with E-state index in [2.05, 4.69) is 24.1 Å². The van der Waals surface area contributed by atoms with Crippen molar-refractivity contribution in [2.75, 3.05) is 26.3 Å². The molecule has 1 aliphatic heterocycles. The fourth-order valence-corrected chi connectivity index (χ4v) is 2.95. The summed E-state index contributed by atoms with van der Waals surface area (Å²) in [6.45, 7) is 7.89. The third-order valence-electron chi connectivity index (χ3n) is 4.04. The quantitative estimate of drug-likeness (QED) is 0.638. The molecule has 1 fully saturated rings. The lowest BCUT2D eigenvalue weighted by Crippen LogP contribution is -2.51. The van der Waals surface area contributed by atoms with E-state index in [0.717, 1.165) is 32.4 Å². The van der Waals surface area contributed by atoms with Crippen molar-refractivity contribution in [1.29, 1.82) is 0 Å². The molecule has 0 spiro atoms. The van der Waals surface area contributed by atoms with Crippen molar-refractivity contribution < 1.29 is 4.39 Å². The predicted octanol–water partition coefficient (Wildman–Crippen LogP) is 3.37. The Balaban J connectivity index is 2.31. The molecule has 0 aromatic rings. The molecule has 0 radical (unpaired) electrons. The van der Waals surface area contributed by atoms with E-state index in [-0.39, 0.29) is 6.67 Å². The molecular weight excluding hydrogens is 227 g/mol. The molecule has 108 valence electrons. The van der Waals surface area contributed by atoms with Gasteiger partial charge in [0.05, 0.1) is 6.67 Å². The zero-order valence-corrected chi connectivity index (χ0v) is 12.3. The standard InChI is InChI=1S/C15H31FN2/c1-3-11-17-14(2)15-9-5-8-13-18(15)12-7-4-6-10-16/h14-15,17H,3-13H2,1-2H3. The second kappa shape index (κ2) is 9.74. The van der Waals surface area contributed by atoms with Gasteiger partial charge >= 0.3 is 0 Å². The maximum Gasteiger partial charge on any atom is 0.0894 e. The molecule has 1 rings (SSSR count). The molecule has 18 heavy (non-hydrogen) atoms. The average Bonchev–Trinajstić information content (AvgIpc) is 2.41. The minimum atomic E-state index is -0.155. The van der Waals surface area contributed by atoms with Crippen molar-refractivity contribution in [2.24, 2.45) is 0 Å². The van der Waals surface area contributed by atoms with Crippen LogP contribution in [0.15, 0.2) is 0 Å². The fourth-order valence-electron chi connectivity index (χ4n) is 2.95. The topological polar surface area (TPSA) is 15.3 Å². The number of halogens is 1. The minimum absolute atomic E-state index is 0.155. The summed E-state index contributed by atoms with van der Waals surface area (Å²) in [6.07, 6.45) is 8.15. The van der Waals surface area contributed by atoms with Crippen LogP contribution in [0.4, 0.5) is 4.39 Å². The number of hydrogen-bond donors (Lipinski definition) is 1. The van der Waals surface area contributed by atoms with Crippen LogP contribution in [0.1, 0.15) is 58.8 Å². The summed E-state index contributed by atoms with van der Waals surface area (Å²) >= 11 is 0. The van der Waals surface area contributed by atoms with Gasteiger partial charge < -0.3 is 5.32 Å². The maximum absolute atomic E-state index is 12.1. The molecule has 3 heteroatoms. The van der Waals surface area contributed by atoms with Gasteiger partial charge in [-0.25, -0.2) is 0 Å². The lowest BCUT2D eigenvalue weighted by Gasteiger charge is -2.39. The van der Waals surface area contributed by atoms with E-state index >= 15 is 0 Å². The largest absolute Gasteiger partial charge is 0.313 e. The average molecular weight is 258 g/mol. The number of nitrogens with one attached hydrogen (secondary N) is 1. The summed E-state index contributed by atoms with van der Waals surface area (Å²) in [6, 6.07) is 1.28. The molecule has 0 amide bonds. The maximum atomic E-state index is 12.1. The zero-order valence-electron chi connectivity index (χ0n) is 12.3. The number of unbranched alkanes of at least 4 members (excludes halogenated alkanes) is 2. The highest BCUT2D eigenvalue weighted by molar-refractivity contribution is 4.84. The van der Waals surface area contributed by atoms with E-state index in [0.29, 0.717) is 12.1 Å². The Morgan fingerprint density at radius 3 is 2.83 bits per heavy atom. The summed E-state index contributed by atoms with van der Waals surface area (Å²) in [7, 11) is 0. The molecule has 0 aliphatic carbocycles. The van der Waals surface area contributed by atoms with E-state index in [9.17, 15) is 4.39 Å². The molecule has 2 atom stereocenters. The molecule has 0 saturated carbocycles. The molecule has 1 saturated heterocycles. The highest BCUT2D eigenvalue weighted by Crippen LogP contribution is 2.20. The Kier molecular flexibility index (Phi) is 8.60. The molecule has 2 nitrogen and oxygen atoms in total. The Bertz CT molecular complexity index is 199. The third kappa shape index (κ3) is 5.66. The number of nitrogens with zero attached hydrogens (tertiary/aromatic N) is 1. The summed E-state index contributed by atoms with van der Waals surface area (Å²) in [5.41, 5.74) is 0. The van der Waals surface area contributed by atoms with E-state index in [1.165, 1.54) is 32.2 Å². The van der Waals surface area contributed by atoms with Crippen LogP contribution in [-0.2, 0) is 0 Å². The molecule has 0 aromatic carbocycles. The molecule has 1 aliphatic rings. The highest BCUT2D eigenvalue weighted by atomic mass is 19.1. The van der Waals surface area contributed by atoms with Crippen LogP contribution in [0, 0.1) is 0 Å². The Hall–Kier alpha value is -0.150. The smallest absolute Gasteiger partial charge is 0.0894 e. The van der Waals surface area contributed by atoms with Crippen LogP contribution in [0.25, 0.3) is 0 Å². The molecule has 2 unspecified atom stereocenters. The van der Waals surface area contributed by atoms with E-state index < -0.39 is 0 Å². The Labute approximate surface area is 112 Å². The molecule has 0 aromatic heterocycles. The predicted molar refractivity (Wildman–Crippen MR) is 76.8 cm³/mol. The van der Waals surface area contributed by atoms with Gasteiger partial charge in [0.25, 0.3) is 0 Å². The van der Waals surface area contributed by atoms with Crippen molar-refractivity contribution in [3.63, 3.8) is 0 Å². The number of hydrogen-bond acceptors (Lipinski definition) is 2. The highest BCUT2D eigenvalue weighted by Gasteiger charge is 2.26. The second-order valence-corrected chi connectivity index (χ2v) is 5.59. The van der Waals surface area contributed by atoms with Gasteiger partial charge in [-0.15, -0.1) is 0 Å². The summed E-state index contributed by atoms with van der Waals surface area (Å²) in [5.74, 6) is 0. The number of likely N-dealkylation sites (tertiary alicyclic amines) is 1. The monoisotopic (exact) mass is 258 g/mol. The van der Waals surface area contributed by atoms with Crippen LogP contribution >= 0.6 is 0 Å². The van der Waals surface area contributed by atoms with Crippen molar-refractivity contribution in [3.05, 3.63) is 0 Å². The van der Waals surface area contributed by atoms with Crippen LogP contribution in [-0.4, -0.2) is 43.3 Å². The lowest BCUT2D eigenvalue weighted by molar-refractivity contribution is 0.117. The first-order valence-corrected chi connectivity index (χ1v) is 7.83. The summed E-state index contributed by atoms with van der Waals surface area (Å²) in [5, 5.41) is 3.63. The molecule has 1 N–H and O–H groups in total. The van der Waals surface area contributed by atoms with Gasteiger partial charge in [-0.05, 0) is 65.1 Å². The zero-order chi connectivity index (χ0) is 13.2. The van der Waals surface area contributed by atoms with Crippen LogP contribution in [0.3, 0.4) is 0 Å². The normalized spacial score (nSPS) is 23.2. The number of rotatable bonds is 9. The van der Waals surface area contributed by atoms with Crippen molar-refractivity contribution in [3.8, 4) is 0 Å². The fraction of sp³-hybridized carbons (Fsp3) is 1.00. The molecule has 1 heterocycles. The first-order chi connectivity index (χ1) is 8.79. The van der Waals surface area contributed by atoms with Crippen molar-refractivity contribution in [1.82, 2.24) is 10.2 Å². The van der Waals surface area contributed by atoms with Gasteiger partial charge in [-0.1, -0.05) is 13.3 Å². The SMILES string of the molecule is CCCNC(C)C1CCCCN1CCCCCF. The van der Waals surface area contributed by atoms with Crippen LogP contribution < -0.4 is 5.32 Å². The van der Waals surface area contributed by atoms with Crippen molar-refractivity contribution in [2.45, 2.75) is 70.9 Å². The van der Waals surface area contributed by atoms with E-state index in [4.69, 9.17) is 0 Å². The Morgan fingerprint density at radius 2 is 2.11 bits per heavy atom. The second-order valence-electron chi connectivity index (χ2n) is 5.59. The van der Waals surface area contributed by atoms with Crippen molar-refractivity contribution >= 4 is 0 Å². The summed E-state index contributed by atoms with van der Waals surface area (Å²) < 4.78 is 12.1. The van der Waals surface area contributed by atoms with Gasteiger partial charge in [0, 0.05) is 12.1 Å². The number of piperidine rings is 1. The Morgan fingerprint density at radius 1 is 1.28 bits per heavy atom. The van der Waals surface area contributed by atoms with Gasteiger partial charge in [0.2, 0.25) is 0 Å². The minimum Gasteiger partial charge on any atom is -0.313 e.